The first-order valence-electron chi connectivity index (χ1n) is 7.09. The average Bonchev–Trinajstić information content (AvgIpc) is 2.94. The fourth-order valence-corrected chi connectivity index (χ4v) is 3.48. The summed E-state index contributed by atoms with van der Waals surface area (Å²) in [5, 5.41) is 0.645. The van der Waals surface area contributed by atoms with Crippen LogP contribution >= 0.6 is 11.3 Å². The third kappa shape index (κ3) is 2.62. The number of nitrogens with zero attached hydrogens (tertiary/aromatic N) is 2. The van der Waals surface area contributed by atoms with E-state index in [0.717, 1.165) is 23.5 Å². The van der Waals surface area contributed by atoms with E-state index in [1.807, 2.05) is 0 Å². The number of hydrogen-bond acceptors (Lipinski definition) is 5. The Hall–Kier alpha value is -2.94. The number of fused-ring (bicyclic) bond motifs is 3. The molecular weight excluding hydrogens is 353 g/mol. The van der Waals surface area contributed by atoms with Gasteiger partial charge in [-0.25, -0.2) is 9.97 Å². The Bertz CT molecular complexity index is 1180. The van der Waals surface area contributed by atoms with Crippen molar-refractivity contribution in [2.75, 3.05) is 5.73 Å². The van der Waals surface area contributed by atoms with Gasteiger partial charge in [0.25, 0.3) is 5.56 Å². The van der Waals surface area contributed by atoms with Crippen molar-refractivity contribution in [1.29, 1.82) is 0 Å². The molecule has 2 aromatic carbocycles. The molecule has 0 aliphatic heterocycles. The number of rotatable bonds is 1. The Balaban J connectivity index is 1.96. The van der Waals surface area contributed by atoms with E-state index in [4.69, 9.17) is 5.73 Å². The van der Waals surface area contributed by atoms with Crippen LogP contribution in [0.5, 0.6) is 0 Å². The van der Waals surface area contributed by atoms with E-state index in [9.17, 15) is 18.0 Å². The lowest BCUT2D eigenvalue weighted by Crippen LogP contribution is -2.10. The number of nitrogen functional groups attached to an aromatic ring is 1. The Morgan fingerprint density at radius 3 is 2.60 bits per heavy atom. The van der Waals surface area contributed by atoms with Gasteiger partial charge in [-0.3, -0.25) is 4.79 Å². The minimum Gasteiger partial charge on any atom is -0.375 e. The lowest BCUT2D eigenvalue weighted by molar-refractivity contribution is -0.137. The van der Waals surface area contributed by atoms with Crippen molar-refractivity contribution in [2.24, 2.45) is 0 Å². The molecular formula is C16H9F3N4OS. The monoisotopic (exact) mass is 362 g/mol. The molecule has 0 spiro atoms. The maximum atomic E-state index is 12.9. The van der Waals surface area contributed by atoms with Crippen molar-refractivity contribution in [1.82, 2.24) is 15.0 Å². The summed E-state index contributed by atoms with van der Waals surface area (Å²) in [5.74, 6) is 0.0698. The van der Waals surface area contributed by atoms with E-state index >= 15 is 0 Å². The topological polar surface area (TPSA) is 84.7 Å². The standard InChI is InChI=1S/C16H9F3N4OS/c17-16(18,19)8-3-1-2-7(6-8)13-21-9-4-5-10-12(25-15(20)22-10)11(9)14(24)23-13/h1-6H,(H2,20,22)(H,21,23,24). The molecule has 2 aromatic heterocycles. The first-order valence-corrected chi connectivity index (χ1v) is 7.91. The summed E-state index contributed by atoms with van der Waals surface area (Å²) >= 11 is 1.16. The van der Waals surface area contributed by atoms with E-state index in [1.54, 1.807) is 12.1 Å². The fourth-order valence-electron chi connectivity index (χ4n) is 2.61. The summed E-state index contributed by atoms with van der Waals surface area (Å²) in [6.07, 6.45) is -4.47. The van der Waals surface area contributed by atoms with Crippen molar-refractivity contribution in [3.8, 4) is 11.4 Å². The van der Waals surface area contributed by atoms with Crippen molar-refractivity contribution >= 4 is 37.6 Å². The molecule has 3 N–H and O–H groups in total. The van der Waals surface area contributed by atoms with Crippen LogP contribution in [0.2, 0.25) is 0 Å². The molecule has 0 atom stereocenters. The zero-order chi connectivity index (χ0) is 17.8. The number of benzene rings is 2. The SMILES string of the molecule is Nc1nc2ccc3nc(-c4cccc(C(F)(F)F)c4)[nH]c(=O)c3c2s1. The lowest BCUT2D eigenvalue weighted by Gasteiger charge is -2.09. The second kappa shape index (κ2) is 5.28. The quantitative estimate of drug-likeness (QED) is 0.539. The Morgan fingerprint density at radius 1 is 1.08 bits per heavy atom. The van der Waals surface area contributed by atoms with Gasteiger partial charge in [-0.2, -0.15) is 13.2 Å². The molecule has 0 bridgehead atoms. The number of anilines is 1. The number of H-pyrrole nitrogens is 1. The van der Waals surface area contributed by atoms with Crippen LogP contribution in [0.15, 0.2) is 41.2 Å². The first-order chi connectivity index (χ1) is 11.8. The van der Waals surface area contributed by atoms with Gasteiger partial charge in [-0.05, 0) is 24.3 Å². The number of thiazole rings is 1. The van der Waals surface area contributed by atoms with Crippen molar-refractivity contribution in [3.05, 3.63) is 52.3 Å². The highest BCUT2D eigenvalue weighted by molar-refractivity contribution is 7.22. The van der Waals surface area contributed by atoms with Crippen LogP contribution in [0, 0.1) is 0 Å². The number of aromatic nitrogens is 3. The van der Waals surface area contributed by atoms with Gasteiger partial charge in [0.15, 0.2) is 5.13 Å². The van der Waals surface area contributed by atoms with Gasteiger partial charge in [0.05, 0.1) is 26.7 Å². The van der Waals surface area contributed by atoms with Gasteiger partial charge in [0.1, 0.15) is 5.82 Å². The largest absolute Gasteiger partial charge is 0.416 e. The number of halogens is 3. The van der Waals surface area contributed by atoms with Crippen LogP contribution in [0.3, 0.4) is 0 Å². The van der Waals surface area contributed by atoms with E-state index in [-0.39, 0.29) is 11.4 Å². The molecule has 0 aliphatic carbocycles. The summed E-state index contributed by atoms with van der Waals surface area (Å²) in [4.78, 5) is 23.5. The summed E-state index contributed by atoms with van der Waals surface area (Å²) < 4.78 is 39.2. The molecule has 0 radical (unpaired) electrons. The predicted molar refractivity (Wildman–Crippen MR) is 90.4 cm³/mol. The molecule has 0 saturated carbocycles. The maximum Gasteiger partial charge on any atom is 0.416 e. The van der Waals surface area contributed by atoms with E-state index in [1.165, 1.54) is 12.1 Å². The number of nitrogens with two attached hydrogens (primary N) is 1. The number of aromatic amines is 1. The second-order valence-corrected chi connectivity index (χ2v) is 6.38. The molecule has 0 aliphatic rings. The van der Waals surface area contributed by atoms with Gasteiger partial charge in [0, 0.05) is 5.56 Å². The highest BCUT2D eigenvalue weighted by atomic mass is 32.1. The molecule has 0 amide bonds. The van der Waals surface area contributed by atoms with E-state index in [0.29, 0.717) is 26.3 Å². The molecule has 2 heterocycles. The second-order valence-electron chi connectivity index (χ2n) is 5.35. The number of nitrogens with one attached hydrogen (secondary N) is 1. The lowest BCUT2D eigenvalue weighted by atomic mass is 10.1. The van der Waals surface area contributed by atoms with Crippen molar-refractivity contribution in [3.63, 3.8) is 0 Å². The average molecular weight is 362 g/mol. The zero-order valence-electron chi connectivity index (χ0n) is 12.4. The summed E-state index contributed by atoms with van der Waals surface area (Å²) in [6.45, 7) is 0. The minimum absolute atomic E-state index is 0.0698. The highest BCUT2D eigenvalue weighted by Crippen LogP contribution is 2.32. The van der Waals surface area contributed by atoms with Crippen LogP contribution < -0.4 is 11.3 Å². The smallest absolute Gasteiger partial charge is 0.375 e. The fraction of sp³-hybridized carbons (Fsp3) is 0.0625. The van der Waals surface area contributed by atoms with E-state index in [2.05, 4.69) is 15.0 Å². The van der Waals surface area contributed by atoms with Crippen molar-refractivity contribution < 1.29 is 13.2 Å². The first kappa shape index (κ1) is 15.6. The molecule has 5 nitrogen and oxygen atoms in total. The van der Waals surface area contributed by atoms with Gasteiger partial charge in [-0.15, -0.1) is 0 Å². The zero-order valence-corrected chi connectivity index (χ0v) is 13.2. The van der Waals surface area contributed by atoms with Gasteiger partial charge < -0.3 is 10.7 Å². The van der Waals surface area contributed by atoms with Gasteiger partial charge >= 0.3 is 6.18 Å². The van der Waals surface area contributed by atoms with Crippen LogP contribution in [-0.4, -0.2) is 15.0 Å². The normalized spacial score (nSPS) is 12.1. The number of hydrogen-bond donors (Lipinski definition) is 2. The third-order valence-electron chi connectivity index (χ3n) is 3.71. The summed E-state index contributed by atoms with van der Waals surface area (Å²) in [5.41, 5.74) is 5.54. The van der Waals surface area contributed by atoms with Gasteiger partial charge in [0.2, 0.25) is 0 Å². The predicted octanol–water partition coefficient (Wildman–Crippen LogP) is 3.80. The summed E-state index contributed by atoms with van der Waals surface area (Å²) in [7, 11) is 0. The molecule has 9 heteroatoms. The Labute approximate surface area is 142 Å². The van der Waals surface area contributed by atoms with Crippen LogP contribution in [0.4, 0.5) is 18.3 Å². The molecule has 4 aromatic rings. The minimum atomic E-state index is -4.47. The molecule has 0 fully saturated rings. The van der Waals surface area contributed by atoms with Crippen molar-refractivity contribution in [2.45, 2.75) is 6.18 Å². The molecule has 4 rings (SSSR count). The van der Waals surface area contributed by atoms with Crippen LogP contribution in [-0.2, 0) is 6.18 Å². The molecule has 25 heavy (non-hydrogen) atoms. The number of alkyl halides is 3. The Morgan fingerprint density at radius 2 is 1.84 bits per heavy atom. The molecule has 0 saturated heterocycles. The maximum absolute atomic E-state index is 12.9. The Kier molecular flexibility index (Phi) is 3.29. The summed E-state index contributed by atoms with van der Waals surface area (Å²) in [6, 6.07) is 7.92. The third-order valence-corrected chi connectivity index (χ3v) is 4.62. The highest BCUT2D eigenvalue weighted by Gasteiger charge is 2.30. The van der Waals surface area contributed by atoms with Crippen LogP contribution in [0.25, 0.3) is 32.5 Å². The molecule has 126 valence electrons. The van der Waals surface area contributed by atoms with Crippen LogP contribution in [0.1, 0.15) is 5.56 Å². The van der Waals surface area contributed by atoms with Gasteiger partial charge in [-0.1, -0.05) is 23.5 Å². The van der Waals surface area contributed by atoms with E-state index < -0.39 is 17.3 Å². The molecule has 0 unspecified atom stereocenters.